The van der Waals surface area contributed by atoms with Gasteiger partial charge < -0.3 is 4.90 Å². The van der Waals surface area contributed by atoms with Gasteiger partial charge in [0, 0.05) is 41.1 Å². The minimum absolute atomic E-state index is 0.00485. The van der Waals surface area contributed by atoms with Gasteiger partial charge in [-0.2, -0.15) is 5.10 Å². The Hall–Kier alpha value is -3.61. The number of aryl methyl sites for hydroxylation is 2. The summed E-state index contributed by atoms with van der Waals surface area (Å²) >= 11 is 12.5. The molecule has 0 spiro atoms. The van der Waals surface area contributed by atoms with E-state index in [1.54, 1.807) is 17.0 Å². The summed E-state index contributed by atoms with van der Waals surface area (Å²) in [7, 11) is 4.07. The van der Waals surface area contributed by atoms with Gasteiger partial charge in [-0.1, -0.05) is 67.4 Å². The molecule has 2 heterocycles. The molecule has 0 fully saturated rings. The second-order valence-electron chi connectivity index (χ2n) is 10.1. The van der Waals surface area contributed by atoms with Gasteiger partial charge in [-0.3, -0.25) is 14.5 Å². The van der Waals surface area contributed by atoms with Gasteiger partial charge in [0.2, 0.25) is 6.41 Å². The summed E-state index contributed by atoms with van der Waals surface area (Å²) in [5, 5.41) is 5.53. The van der Waals surface area contributed by atoms with Crippen LogP contribution in [0, 0.1) is 13.8 Å². The molecule has 0 saturated heterocycles. The van der Waals surface area contributed by atoms with E-state index in [9.17, 15) is 9.59 Å². The largest absolute Gasteiger partial charge is 0.378 e. The number of aromatic nitrogens is 2. The maximum absolute atomic E-state index is 13.6. The van der Waals surface area contributed by atoms with Crippen molar-refractivity contribution in [3.8, 4) is 0 Å². The van der Waals surface area contributed by atoms with E-state index in [0.717, 1.165) is 33.6 Å². The highest BCUT2D eigenvalue weighted by Gasteiger charge is 2.45. The first kappa shape index (κ1) is 28.4. The molecule has 1 aromatic heterocycles. The highest BCUT2D eigenvalue weighted by Crippen LogP contribution is 2.46. The van der Waals surface area contributed by atoms with Crippen molar-refractivity contribution in [3.05, 3.63) is 110 Å². The van der Waals surface area contributed by atoms with Crippen LogP contribution >= 0.6 is 23.2 Å². The van der Waals surface area contributed by atoms with Crippen LogP contribution < -0.4 is 9.80 Å². The third-order valence-electron chi connectivity index (χ3n) is 6.82. The molecule has 1 aliphatic rings. The van der Waals surface area contributed by atoms with E-state index >= 15 is 0 Å². The van der Waals surface area contributed by atoms with Gasteiger partial charge in [-0.15, -0.1) is 0 Å². The molecule has 1 amide bonds. The minimum Gasteiger partial charge on any atom is -0.378 e. The maximum atomic E-state index is 13.6. The zero-order valence-corrected chi connectivity index (χ0v) is 24.5. The van der Waals surface area contributed by atoms with E-state index in [1.165, 1.54) is 10.4 Å². The number of nitrogens with zero attached hydrogens (tertiary/aromatic N) is 4. The predicted molar refractivity (Wildman–Crippen MR) is 160 cm³/mol. The number of carbonyl (C=O) groups excluding carboxylic acids is 2. The molecule has 0 bridgehead atoms. The first-order valence-corrected chi connectivity index (χ1v) is 13.5. The number of para-hydroxylation sites is 1. The number of amides is 1. The van der Waals surface area contributed by atoms with Crippen molar-refractivity contribution in [3.63, 3.8) is 0 Å². The highest BCUT2D eigenvalue weighted by atomic mass is 35.5. The molecule has 6 nitrogen and oxygen atoms in total. The number of anilines is 2. The van der Waals surface area contributed by atoms with Crippen molar-refractivity contribution in [2.24, 2.45) is 0 Å². The average molecular weight is 564 g/mol. The van der Waals surface area contributed by atoms with Crippen LogP contribution in [0.1, 0.15) is 64.2 Å². The van der Waals surface area contributed by atoms with E-state index in [2.05, 4.69) is 22.1 Å². The molecule has 0 radical (unpaired) electrons. The number of halogens is 2. The van der Waals surface area contributed by atoms with Crippen molar-refractivity contribution >= 4 is 46.9 Å². The number of fused-ring (bicyclic) bond motifs is 1. The van der Waals surface area contributed by atoms with E-state index in [0.29, 0.717) is 22.1 Å². The molecule has 0 saturated carbocycles. The number of benzene rings is 3. The number of hydrogen-bond acceptors (Lipinski definition) is 4. The lowest BCUT2D eigenvalue weighted by Gasteiger charge is -2.29. The third kappa shape index (κ3) is 5.58. The van der Waals surface area contributed by atoms with Gasteiger partial charge in [0.25, 0.3) is 5.91 Å². The Morgan fingerprint density at radius 3 is 2.13 bits per heavy atom. The fourth-order valence-electron chi connectivity index (χ4n) is 4.96. The normalized spacial score (nSPS) is 14.2. The van der Waals surface area contributed by atoms with Crippen LogP contribution in [-0.4, -0.2) is 36.2 Å². The lowest BCUT2D eigenvalue weighted by atomic mass is 9.92. The second kappa shape index (κ2) is 11.6. The van der Waals surface area contributed by atoms with Crippen molar-refractivity contribution < 1.29 is 9.59 Å². The molecule has 8 heteroatoms. The Bertz CT molecular complexity index is 1510. The molecular weight excluding hydrogens is 531 g/mol. The number of carbonyl (C=O) groups is 2. The van der Waals surface area contributed by atoms with Gasteiger partial charge in [0.15, 0.2) is 5.69 Å². The van der Waals surface area contributed by atoms with Crippen LogP contribution in [-0.2, 0) is 4.79 Å². The Morgan fingerprint density at radius 1 is 0.923 bits per heavy atom. The summed E-state index contributed by atoms with van der Waals surface area (Å²) in [6, 6.07) is 20.9. The summed E-state index contributed by atoms with van der Waals surface area (Å²) in [6.07, 6.45) is 0.654. The molecule has 3 aromatic carbocycles. The zero-order chi connectivity index (χ0) is 28.4. The molecular formula is C31H32Cl2N4O2. The summed E-state index contributed by atoms with van der Waals surface area (Å²) in [5.41, 5.74) is 6.55. The standard InChI is InChI=1S/C23H21Cl2N3O2.C8H11N/c1-12(2)21-19-20(26-27(21)11-29)23(30)28(18-10-16(25)6-5-13(18)3)22(19)17-8-7-15(24)9-14(17)4;1-9(2)8-6-4-3-5-7-8/h5-12,22H,1-4H3;3-7H,1-2H3. The topological polar surface area (TPSA) is 58.4 Å². The first-order chi connectivity index (χ1) is 18.5. The van der Waals surface area contributed by atoms with Gasteiger partial charge in [0.1, 0.15) is 0 Å². The van der Waals surface area contributed by atoms with Crippen LogP contribution in [0.5, 0.6) is 0 Å². The van der Waals surface area contributed by atoms with Crippen molar-refractivity contribution in [1.82, 2.24) is 9.78 Å². The summed E-state index contributed by atoms with van der Waals surface area (Å²) in [6.45, 7) is 7.88. The van der Waals surface area contributed by atoms with Crippen molar-refractivity contribution in [1.29, 1.82) is 0 Å². The predicted octanol–water partition coefficient (Wildman–Crippen LogP) is 7.47. The lowest BCUT2D eigenvalue weighted by Crippen LogP contribution is -2.31. The molecule has 39 heavy (non-hydrogen) atoms. The summed E-state index contributed by atoms with van der Waals surface area (Å²) < 4.78 is 1.29. The van der Waals surface area contributed by atoms with Crippen LogP contribution in [0.3, 0.4) is 0 Å². The molecule has 0 aliphatic carbocycles. The average Bonchev–Trinajstić information content (AvgIpc) is 3.41. The fraction of sp³-hybridized carbons (Fsp3) is 0.258. The molecule has 4 aromatic rings. The van der Waals surface area contributed by atoms with E-state index in [1.807, 2.05) is 84.3 Å². The minimum atomic E-state index is -0.437. The van der Waals surface area contributed by atoms with E-state index < -0.39 is 6.04 Å². The van der Waals surface area contributed by atoms with Crippen LogP contribution in [0.25, 0.3) is 0 Å². The van der Waals surface area contributed by atoms with Crippen molar-refractivity contribution in [2.45, 2.75) is 39.7 Å². The monoisotopic (exact) mass is 562 g/mol. The van der Waals surface area contributed by atoms with Gasteiger partial charge in [0.05, 0.1) is 11.7 Å². The quantitative estimate of drug-likeness (QED) is 0.237. The van der Waals surface area contributed by atoms with Gasteiger partial charge in [-0.25, -0.2) is 4.68 Å². The Morgan fingerprint density at radius 2 is 1.56 bits per heavy atom. The van der Waals surface area contributed by atoms with E-state index in [4.69, 9.17) is 23.2 Å². The number of rotatable bonds is 5. The Labute approximate surface area is 239 Å². The van der Waals surface area contributed by atoms with Gasteiger partial charge >= 0.3 is 0 Å². The molecule has 1 unspecified atom stereocenters. The van der Waals surface area contributed by atoms with E-state index in [-0.39, 0.29) is 11.8 Å². The SMILES string of the molecule is CN(C)c1ccccc1.Cc1cc(Cl)ccc1C1c2c(nn(C=O)c2C(C)C)C(=O)N1c1cc(Cl)ccc1C. The Kier molecular flexibility index (Phi) is 8.48. The first-order valence-electron chi connectivity index (χ1n) is 12.7. The molecule has 1 atom stereocenters. The molecule has 5 rings (SSSR count). The second-order valence-corrected chi connectivity index (χ2v) is 11.0. The Balaban J connectivity index is 0.000000333. The highest BCUT2D eigenvalue weighted by molar-refractivity contribution is 6.31. The van der Waals surface area contributed by atoms with Crippen LogP contribution in [0.15, 0.2) is 66.7 Å². The maximum Gasteiger partial charge on any atom is 0.280 e. The summed E-state index contributed by atoms with van der Waals surface area (Å²) in [5.74, 6) is -0.257. The van der Waals surface area contributed by atoms with Gasteiger partial charge in [-0.05, 0) is 72.9 Å². The third-order valence-corrected chi connectivity index (χ3v) is 7.29. The van der Waals surface area contributed by atoms with Crippen molar-refractivity contribution in [2.75, 3.05) is 23.9 Å². The molecule has 0 N–H and O–H groups in total. The zero-order valence-electron chi connectivity index (χ0n) is 22.9. The smallest absolute Gasteiger partial charge is 0.280 e. The van der Waals surface area contributed by atoms with Crippen LogP contribution in [0.4, 0.5) is 11.4 Å². The summed E-state index contributed by atoms with van der Waals surface area (Å²) in [4.78, 5) is 29.1. The fourth-order valence-corrected chi connectivity index (χ4v) is 5.35. The van der Waals surface area contributed by atoms with Crippen LogP contribution in [0.2, 0.25) is 10.0 Å². The molecule has 202 valence electrons. The molecule has 1 aliphatic heterocycles. The lowest BCUT2D eigenvalue weighted by molar-refractivity contribution is 0.0988. The number of hydrogen-bond donors (Lipinski definition) is 0.